The second kappa shape index (κ2) is 5.33. The van der Waals surface area contributed by atoms with Crippen LogP contribution in [0.3, 0.4) is 0 Å². The molecule has 1 fully saturated rings. The molecule has 0 atom stereocenters. The van der Waals surface area contributed by atoms with Gasteiger partial charge in [0.1, 0.15) is 0 Å². The number of sulfonamides is 1. The van der Waals surface area contributed by atoms with Gasteiger partial charge in [-0.05, 0) is 25.2 Å². The molecule has 1 aromatic rings. The third-order valence-corrected chi connectivity index (χ3v) is 4.05. The molecule has 0 radical (unpaired) electrons. The highest BCUT2D eigenvalue weighted by atomic mass is 32.2. The van der Waals surface area contributed by atoms with E-state index < -0.39 is 10.0 Å². The number of primary sulfonamides is 1. The van der Waals surface area contributed by atoms with Gasteiger partial charge in [-0.15, -0.1) is 0 Å². The highest BCUT2D eigenvalue weighted by Crippen LogP contribution is 2.23. The molecule has 0 saturated carbocycles. The number of hydrazine groups is 1. The van der Waals surface area contributed by atoms with Gasteiger partial charge in [0.15, 0.2) is 0 Å². The lowest BCUT2D eigenvalue weighted by Gasteiger charge is -2.33. The fourth-order valence-electron chi connectivity index (χ4n) is 1.90. The summed E-state index contributed by atoms with van der Waals surface area (Å²) >= 11 is 0. The molecule has 2 rings (SSSR count). The van der Waals surface area contributed by atoms with Crippen LogP contribution in [0.2, 0.25) is 0 Å². The zero-order valence-electron chi connectivity index (χ0n) is 10.8. The number of nitrogens with two attached hydrogens (primary N) is 2. The number of benzene rings is 1. The first-order valence-electron chi connectivity index (χ1n) is 5.99. The maximum absolute atomic E-state index is 11.3. The van der Waals surface area contributed by atoms with Crippen molar-refractivity contribution in [2.45, 2.75) is 4.90 Å². The fraction of sp³-hybridized carbons (Fsp3) is 0.455. The van der Waals surface area contributed by atoms with Crippen molar-refractivity contribution in [1.82, 2.24) is 9.91 Å². The minimum Gasteiger partial charge on any atom is -0.397 e. The van der Waals surface area contributed by atoms with Crippen molar-refractivity contribution >= 4 is 21.4 Å². The zero-order chi connectivity index (χ0) is 14.0. The van der Waals surface area contributed by atoms with Gasteiger partial charge in [0.05, 0.1) is 16.3 Å². The molecule has 0 bridgehead atoms. The van der Waals surface area contributed by atoms with Crippen molar-refractivity contribution in [1.29, 1.82) is 0 Å². The highest BCUT2D eigenvalue weighted by molar-refractivity contribution is 7.89. The van der Waals surface area contributed by atoms with E-state index in [4.69, 9.17) is 10.9 Å². The maximum Gasteiger partial charge on any atom is 0.238 e. The molecule has 5 N–H and O–H groups in total. The number of nitrogen functional groups attached to an aromatic ring is 1. The summed E-state index contributed by atoms with van der Waals surface area (Å²) in [6.45, 7) is 3.58. The van der Waals surface area contributed by atoms with E-state index in [1.807, 2.05) is 5.01 Å². The van der Waals surface area contributed by atoms with Crippen LogP contribution in [-0.2, 0) is 10.0 Å². The van der Waals surface area contributed by atoms with Crippen molar-refractivity contribution < 1.29 is 8.42 Å². The van der Waals surface area contributed by atoms with E-state index in [-0.39, 0.29) is 4.90 Å². The highest BCUT2D eigenvalue weighted by Gasteiger charge is 2.16. The number of hydrogen-bond donors (Lipinski definition) is 3. The fourth-order valence-corrected chi connectivity index (χ4v) is 2.44. The average Bonchev–Trinajstić information content (AvgIpc) is 2.33. The Kier molecular flexibility index (Phi) is 3.95. The van der Waals surface area contributed by atoms with Crippen LogP contribution >= 0.6 is 0 Å². The molecule has 0 aromatic heterocycles. The van der Waals surface area contributed by atoms with Gasteiger partial charge in [0.25, 0.3) is 0 Å². The summed E-state index contributed by atoms with van der Waals surface area (Å²) in [5.41, 5.74) is 10.0. The summed E-state index contributed by atoms with van der Waals surface area (Å²) in [7, 11) is -1.65. The Balaban J connectivity index is 2.16. The van der Waals surface area contributed by atoms with E-state index >= 15 is 0 Å². The third-order valence-electron chi connectivity index (χ3n) is 3.14. The Hall–Kier alpha value is -1.35. The quantitative estimate of drug-likeness (QED) is 0.646. The van der Waals surface area contributed by atoms with Crippen molar-refractivity contribution in [3.8, 4) is 0 Å². The molecule has 1 heterocycles. The lowest BCUT2D eigenvalue weighted by Crippen LogP contribution is -2.47. The first-order chi connectivity index (χ1) is 8.86. The molecule has 7 nitrogen and oxygen atoms in total. The molecule has 1 aromatic carbocycles. The summed E-state index contributed by atoms with van der Waals surface area (Å²) < 4.78 is 22.6. The van der Waals surface area contributed by atoms with Crippen LogP contribution < -0.4 is 16.3 Å². The smallest absolute Gasteiger partial charge is 0.238 e. The largest absolute Gasteiger partial charge is 0.397 e. The molecule has 1 aliphatic heterocycles. The van der Waals surface area contributed by atoms with Gasteiger partial charge in [-0.2, -0.15) is 0 Å². The van der Waals surface area contributed by atoms with Gasteiger partial charge in [-0.1, -0.05) is 0 Å². The van der Waals surface area contributed by atoms with Gasteiger partial charge >= 0.3 is 0 Å². The van der Waals surface area contributed by atoms with Gasteiger partial charge in [0.2, 0.25) is 10.0 Å². The van der Waals surface area contributed by atoms with Crippen LogP contribution in [0.1, 0.15) is 0 Å². The minimum atomic E-state index is -3.71. The summed E-state index contributed by atoms with van der Waals surface area (Å²) in [6.07, 6.45) is 0. The summed E-state index contributed by atoms with van der Waals surface area (Å²) in [5.74, 6) is 0. The van der Waals surface area contributed by atoms with Crippen molar-refractivity contribution in [2.24, 2.45) is 5.14 Å². The molecular formula is C11H19N5O2S. The number of rotatable bonds is 3. The first kappa shape index (κ1) is 14.1. The molecule has 1 saturated heterocycles. The molecule has 19 heavy (non-hydrogen) atoms. The number of hydrogen-bond acceptors (Lipinski definition) is 6. The van der Waals surface area contributed by atoms with Crippen molar-refractivity contribution in [3.63, 3.8) is 0 Å². The minimum absolute atomic E-state index is 0.0540. The van der Waals surface area contributed by atoms with Crippen LogP contribution in [0, 0.1) is 0 Å². The maximum atomic E-state index is 11.3. The molecule has 1 aliphatic rings. The Morgan fingerprint density at radius 3 is 2.42 bits per heavy atom. The van der Waals surface area contributed by atoms with Crippen LogP contribution in [0.5, 0.6) is 0 Å². The van der Waals surface area contributed by atoms with E-state index in [0.717, 1.165) is 26.2 Å². The number of nitrogens with zero attached hydrogens (tertiary/aromatic N) is 2. The zero-order valence-corrected chi connectivity index (χ0v) is 11.7. The Morgan fingerprint density at radius 2 is 1.84 bits per heavy atom. The summed E-state index contributed by atoms with van der Waals surface area (Å²) in [4.78, 5) is 2.28. The summed E-state index contributed by atoms with van der Waals surface area (Å²) in [6, 6.07) is 4.40. The summed E-state index contributed by atoms with van der Waals surface area (Å²) in [5, 5.41) is 7.12. The molecule has 8 heteroatoms. The number of piperazine rings is 1. The van der Waals surface area contributed by atoms with E-state index in [1.54, 1.807) is 0 Å². The van der Waals surface area contributed by atoms with Gasteiger partial charge < -0.3 is 16.1 Å². The van der Waals surface area contributed by atoms with Gasteiger partial charge in [-0.25, -0.2) is 18.6 Å². The topological polar surface area (TPSA) is 105 Å². The van der Waals surface area contributed by atoms with Gasteiger partial charge in [0, 0.05) is 26.2 Å². The Bertz CT molecular complexity index is 552. The first-order valence-corrected chi connectivity index (χ1v) is 7.53. The van der Waals surface area contributed by atoms with Crippen LogP contribution in [0.4, 0.5) is 11.4 Å². The monoisotopic (exact) mass is 285 g/mol. The molecule has 0 unspecified atom stereocenters. The second-order valence-corrected chi connectivity index (χ2v) is 6.26. The van der Waals surface area contributed by atoms with E-state index in [9.17, 15) is 8.42 Å². The lowest BCUT2D eigenvalue weighted by atomic mass is 10.3. The second-order valence-electron chi connectivity index (χ2n) is 4.70. The van der Waals surface area contributed by atoms with Crippen LogP contribution in [0.15, 0.2) is 23.1 Å². The normalized spacial score (nSPS) is 18.4. The van der Waals surface area contributed by atoms with E-state index in [1.165, 1.54) is 18.2 Å². The SMILES string of the molecule is CN1CCN(Nc2cc(S(N)(=O)=O)ccc2N)CC1. The van der Waals surface area contributed by atoms with E-state index in [0.29, 0.717) is 11.4 Å². The van der Waals surface area contributed by atoms with Crippen LogP contribution in [0.25, 0.3) is 0 Å². The van der Waals surface area contributed by atoms with Gasteiger partial charge in [-0.3, -0.25) is 0 Å². The van der Waals surface area contributed by atoms with E-state index in [2.05, 4.69) is 17.4 Å². The lowest BCUT2D eigenvalue weighted by molar-refractivity contribution is 0.179. The standard InChI is InChI=1S/C11H19N5O2S/c1-15-4-6-16(7-5-15)14-11-8-9(19(13,17)18)2-3-10(11)12/h2-3,8,14H,4-7,12H2,1H3,(H2,13,17,18). The van der Waals surface area contributed by atoms with Crippen molar-refractivity contribution in [3.05, 3.63) is 18.2 Å². The van der Waals surface area contributed by atoms with Crippen molar-refractivity contribution in [2.75, 3.05) is 44.4 Å². The predicted octanol–water partition coefficient (Wildman–Crippen LogP) is -0.509. The number of likely N-dealkylation sites (N-methyl/N-ethyl adjacent to an activating group) is 1. The van der Waals surface area contributed by atoms with Crippen LogP contribution in [-0.4, -0.2) is 51.6 Å². The molecule has 106 valence electrons. The Labute approximate surface area is 113 Å². The molecular weight excluding hydrogens is 266 g/mol. The number of anilines is 2. The predicted molar refractivity (Wildman–Crippen MR) is 74.9 cm³/mol. The Morgan fingerprint density at radius 1 is 1.21 bits per heavy atom. The third kappa shape index (κ3) is 3.57. The molecule has 0 amide bonds. The molecule has 0 spiro atoms. The molecule has 0 aliphatic carbocycles. The number of nitrogens with one attached hydrogen (secondary N) is 1. The average molecular weight is 285 g/mol.